The number of nitrogens with two attached hydrogens (primary N) is 1. The Balaban J connectivity index is 0.00000264. The number of piperidine rings is 1. The van der Waals surface area contributed by atoms with Crippen LogP contribution >= 0.6 is 24.0 Å². The van der Waals surface area contributed by atoms with Crippen molar-refractivity contribution in [2.24, 2.45) is 5.73 Å². The summed E-state index contributed by atoms with van der Waals surface area (Å²) in [6.45, 7) is 0.457. The van der Waals surface area contributed by atoms with Gasteiger partial charge in [0.1, 0.15) is 4.90 Å². The van der Waals surface area contributed by atoms with Crippen LogP contribution in [0.25, 0.3) is 0 Å². The lowest BCUT2D eigenvalue weighted by molar-refractivity contribution is -0.137. The molecule has 1 saturated heterocycles. The fraction of sp³-hybridized carbons (Fsp3) is 0.538. The highest BCUT2D eigenvalue weighted by Gasteiger charge is 2.36. The first kappa shape index (κ1) is 20.5. The normalized spacial score (nSPS) is 20.1. The van der Waals surface area contributed by atoms with Gasteiger partial charge in [-0.05, 0) is 31.0 Å². The number of rotatable bonds is 3. The van der Waals surface area contributed by atoms with Crippen LogP contribution in [0.15, 0.2) is 23.1 Å². The summed E-state index contributed by atoms with van der Waals surface area (Å²) in [6.07, 6.45) is -2.38. The Bertz CT molecular complexity index is 653. The summed E-state index contributed by atoms with van der Waals surface area (Å²) in [5, 5.41) is -0.434. The summed E-state index contributed by atoms with van der Waals surface area (Å²) in [6, 6.07) is 1.91. The van der Waals surface area contributed by atoms with Crippen LogP contribution in [0.4, 0.5) is 13.2 Å². The Morgan fingerprint density at radius 2 is 1.96 bits per heavy atom. The quantitative estimate of drug-likeness (QED) is 0.858. The fourth-order valence-corrected chi connectivity index (χ4v) is 4.76. The standard InChI is InChI=1S/C13H16ClF3N2O2S.ClH/c14-11-7-9(13(15,16)17)4-5-12(11)22(20,21)19-6-2-1-3-10(19)8-18;/h4-5,7,10H,1-3,6,8,18H2;1H. The first-order chi connectivity index (χ1) is 10.2. The molecule has 0 aromatic heterocycles. The fourth-order valence-electron chi connectivity index (χ4n) is 2.54. The van der Waals surface area contributed by atoms with E-state index in [4.69, 9.17) is 17.3 Å². The van der Waals surface area contributed by atoms with Crippen molar-refractivity contribution in [2.75, 3.05) is 13.1 Å². The van der Waals surface area contributed by atoms with Gasteiger partial charge in [-0.1, -0.05) is 18.0 Å². The molecule has 2 rings (SSSR count). The maximum absolute atomic E-state index is 12.6. The molecule has 1 aliphatic heterocycles. The van der Waals surface area contributed by atoms with Gasteiger partial charge in [-0.15, -0.1) is 12.4 Å². The van der Waals surface area contributed by atoms with Crippen molar-refractivity contribution in [1.29, 1.82) is 0 Å². The minimum Gasteiger partial charge on any atom is -0.329 e. The molecule has 1 atom stereocenters. The molecule has 0 saturated carbocycles. The van der Waals surface area contributed by atoms with Crippen molar-refractivity contribution in [3.8, 4) is 0 Å². The molecule has 1 aliphatic rings. The lowest BCUT2D eigenvalue weighted by Crippen LogP contribution is -2.47. The van der Waals surface area contributed by atoms with Gasteiger partial charge in [-0.2, -0.15) is 17.5 Å². The third-order valence-corrected chi connectivity index (χ3v) is 6.13. The van der Waals surface area contributed by atoms with E-state index in [1.807, 2.05) is 0 Å². The molecule has 1 unspecified atom stereocenters. The predicted octanol–water partition coefficient (Wildman–Crippen LogP) is 3.28. The highest BCUT2D eigenvalue weighted by Crippen LogP contribution is 2.35. The molecule has 0 spiro atoms. The van der Waals surface area contributed by atoms with Crippen LogP contribution in [-0.4, -0.2) is 31.9 Å². The number of halogens is 5. The summed E-state index contributed by atoms with van der Waals surface area (Å²) in [4.78, 5) is -0.317. The molecular weight excluding hydrogens is 376 g/mol. The highest BCUT2D eigenvalue weighted by atomic mass is 35.5. The van der Waals surface area contributed by atoms with Crippen LogP contribution in [0.5, 0.6) is 0 Å². The van der Waals surface area contributed by atoms with Crippen LogP contribution in [0, 0.1) is 0 Å². The molecule has 1 aromatic rings. The maximum Gasteiger partial charge on any atom is 0.416 e. The van der Waals surface area contributed by atoms with Crippen LogP contribution < -0.4 is 5.73 Å². The van der Waals surface area contributed by atoms with E-state index in [-0.39, 0.29) is 29.9 Å². The molecule has 23 heavy (non-hydrogen) atoms. The van der Waals surface area contributed by atoms with Crippen LogP contribution in [-0.2, 0) is 16.2 Å². The zero-order valence-electron chi connectivity index (χ0n) is 12.0. The predicted molar refractivity (Wildman–Crippen MR) is 84.3 cm³/mol. The molecule has 132 valence electrons. The second kappa shape index (κ2) is 7.57. The molecular formula is C13H17Cl2F3N2O2S. The van der Waals surface area contributed by atoms with E-state index in [2.05, 4.69) is 0 Å². The first-order valence-corrected chi connectivity index (χ1v) is 8.58. The molecule has 10 heteroatoms. The molecule has 4 nitrogen and oxygen atoms in total. The van der Waals surface area contributed by atoms with Crippen LogP contribution in [0.3, 0.4) is 0 Å². The lowest BCUT2D eigenvalue weighted by Gasteiger charge is -2.34. The van der Waals surface area contributed by atoms with Crippen LogP contribution in [0.2, 0.25) is 5.02 Å². The second-order valence-corrected chi connectivity index (χ2v) is 7.41. The molecule has 1 fully saturated rings. The zero-order valence-corrected chi connectivity index (χ0v) is 14.4. The SMILES string of the molecule is Cl.NCC1CCCCN1S(=O)(=O)c1ccc(C(F)(F)F)cc1Cl. The number of benzene rings is 1. The summed E-state index contributed by atoms with van der Waals surface area (Å²) in [5.74, 6) is 0. The summed E-state index contributed by atoms with van der Waals surface area (Å²) in [5.41, 5.74) is 4.62. The molecule has 0 amide bonds. The monoisotopic (exact) mass is 392 g/mol. The number of hydrogen-bond donors (Lipinski definition) is 1. The Morgan fingerprint density at radius 1 is 1.30 bits per heavy atom. The van der Waals surface area contributed by atoms with Crippen LogP contribution in [0.1, 0.15) is 24.8 Å². The number of alkyl halides is 3. The van der Waals surface area contributed by atoms with Gasteiger partial charge in [-0.25, -0.2) is 8.42 Å². The Hall–Kier alpha value is -0.540. The third kappa shape index (κ3) is 4.30. The van der Waals surface area contributed by atoms with E-state index in [0.717, 1.165) is 18.6 Å². The van der Waals surface area contributed by atoms with E-state index in [9.17, 15) is 21.6 Å². The van der Waals surface area contributed by atoms with Crippen molar-refractivity contribution in [2.45, 2.75) is 36.4 Å². The third-order valence-electron chi connectivity index (χ3n) is 3.69. The highest BCUT2D eigenvalue weighted by molar-refractivity contribution is 7.89. The van der Waals surface area contributed by atoms with Gasteiger partial charge in [0.15, 0.2) is 0 Å². The molecule has 0 aliphatic carbocycles. The van der Waals surface area contributed by atoms with Gasteiger partial charge >= 0.3 is 6.18 Å². The maximum atomic E-state index is 12.6. The van der Waals surface area contributed by atoms with Crippen molar-refractivity contribution in [1.82, 2.24) is 4.31 Å². The number of nitrogens with zero attached hydrogens (tertiary/aromatic N) is 1. The Morgan fingerprint density at radius 3 is 2.48 bits per heavy atom. The van der Waals surface area contributed by atoms with Gasteiger partial charge in [0.2, 0.25) is 10.0 Å². The molecule has 2 N–H and O–H groups in total. The van der Waals surface area contributed by atoms with Gasteiger partial charge in [0, 0.05) is 19.1 Å². The Labute approximate surface area is 144 Å². The van der Waals surface area contributed by atoms with E-state index in [1.54, 1.807) is 0 Å². The van der Waals surface area contributed by atoms with E-state index in [1.165, 1.54) is 4.31 Å². The van der Waals surface area contributed by atoms with Gasteiger partial charge in [0.25, 0.3) is 0 Å². The van der Waals surface area contributed by atoms with Crippen molar-refractivity contribution in [3.05, 3.63) is 28.8 Å². The average molecular weight is 393 g/mol. The van der Waals surface area contributed by atoms with Crippen molar-refractivity contribution >= 4 is 34.0 Å². The topological polar surface area (TPSA) is 63.4 Å². The molecule has 1 aromatic carbocycles. The van der Waals surface area contributed by atoms with E-state index < -0.39 is 26.8 Å². The molecule has 0 radical (unpaired) electrons. The minimum atomic E-state index is -4.57. The second-order valence-electron chi connectivity index (χ2n) is 5.14. The first-order valence-electron chi connectivity index (χ1n) is 6.76. The summed E-state index contributed by atoms with van der Waals surface area (Å²) >= 11 is 5.79. The van der Waals surface area contributed by atoms with Crippen molar-refractivity contribution < 1.29 is 21.6 Å². The summed E-state index contributed by atoms with van der Waals surface area (Å²) < 4.78 is 64.4. The van der Waals surface area contributed by atoms with Gasteiger partial charge in [-0.3, -0.25) is 0 Å². The van der Waals surface area contributed by atoms with Gasteiger partial charge in [0.05, 0.1) is 10.6 Å². The Kier molecular flexibility index (Phi) is 6.74. The lowest BCUT2D eigenvalue weighted by atomic mass is 10.1. The van der Waals surface area contributed by atoms with Crippen molar-refractivity contribution in [3.63, 3.8) is 0 Å². The zero-order chi connectivity index (χ0) is 16.5. The summed E-state index contributed by atoms with van der Waals surface area (Å²) in [7, 11) is -3.96. The largest absolute Gasteiger partial charge is 0.416 e. The van der Waals surface area contributed by atoms with E-state index >= 15 is 0 Å². The number of sulfonamides is 1. The smallest absolute Gasteiger partial charge is 0.329 e. The molecule has 0 bridgehead atoms. The average Bonchev–Trinajstić information content (AvgIpc) is 2.45. The molecule has 1 heterocycles. The number of hydrogen-bond acceptors (Lipinski definition) is 3. The minimum absolute atomic E-state index is 0. The van der Waals surface area contributed by atoms with E-state index in [0.29, 0.717) is 25.5 Å². The van der Waals surface area contributed by atoms with Gasteiger partial charge < -0.3 is 5.73 Å².